The van der Waals surface area contributed by atoms with E-state index in [1.54, 1.807) is 6.21 Å². The highest BCUT2D eigenvalue weighted by Crippen LogP contribution is 2.37. The van der Waals surface area contributed by atoms with E-state index in [2.05, 4.69) is 31.4 Å². The molecule has 3 aromatic rings. The van der Waals surface area contributed by atoms with E-state index in [0.717, 1.165) is 29.9 Å². The molecule has 0 spiro atoms. The maximum Gasteiger partial charge on any atom is 0.271 e. The summed E-state index contributed by atoms with van der Waals surface area (Å²) in [5.41, 5.74) is 5.92. The van der Waals surface area contributed by atoms with Crippen LogP contribution >= 0.6 is 27.5 Å². The van der Waals surface area contributed by atoms with E-state index in [0.29, 0.717) is 39.8 Å². The van der Waals surface area contributed by atoms with Crippen molar-refractivity contribution in [2.75, 3.05) is 24.6 Å². The molecule has 0 unspecified atom stereocenters. The average molecular weight is 557 g/mol. The number of ether oxygens (including phenoxy) is 2. The Bertz CT molecular complexity index is 1190. The lowest BCUT2D eigenvalue weighted by Crippen LogP contribution is -2.19. The van der Waals surface area contributed by atoms with Crippen LogP contribution in [0.3, 0.4) is 0 Å². The van der Waals surface area contributed by atoms with Gasteiger partial charge in [0.2, 0.25) is 0 Å². The second-order valence-electron chi connectivity index (χ2n) is 8.08. The molecule has 1 aliphatic heterocycles. The maximum absolute atomic E-state index is 12.5. The van der Waals surface area contributed by atoms with E-state index in [1.165, 1.54) is 12.8 Å². The van der Waals surface area contributed by atoms with E-state index >= 15 is 0 Å². The number of nitrogens with zero attached hydrogens (tertiary/aromatic N) is 2. The van der Waals surface area contributed by atoms with Gasteiger partial charge in [-0.3, -0.25) is 4.79 Å². The lowest BCUT2D eigenvalue weighted by molar-refractivity contribution is 0.0955. The van der Waals surface area contributed by atoms with Gasteiger partial charge in [-0.25, -0.2) is 5.43 Å². The number of benzene rings is 3. The lowest BCUT2D eigenvalue weighted by atomic mass is 10.2. The van der Waals surface area contributed by atoms with Gasteiger partial charge in [0.25, 0.3) is 5.91 Å². The lowest BCUT2D eigenvalue weighted by Gasteiger charge is -2.17. The third-order valence-electron chi connectivity index (χ3n) is 5.64. The third kappa shape index (κ3) is 6.55. The molecule has 4 rings (SSSR count). The van der Waals surface area contributed by atoms with Crippen molar-refractivity contribution in [3.8, 4) is 11.5 Å². The third-order valence-corrected chi connectivity index (χ3v) is 6.60. The van der Waals surface area contributed by atoms with E-state index in [9.17, 15) is 4.79 Å². The van der Waals surface area contributed by atoms with Crippen LogP contribution < -0.4 is 19.8 Å². The smallest absolute Gasteiger partial charge is 0.271 e. The van der Waals surface area contributed by atoms with E-state index < -0.39 is 0 Å². The highest BCUT2D eigenvalue weighted by atomic mass is 79.9. The molecule has 8 heteroatoms. The summed E-state index contributed by atoms with van der Waals surface area (Å²) < 4.78 is 12.5. The molecule has 0 bridgehead atoms. The summed E-state index contributed by atoms with van der Waals surface area (Å²) >= 11 is 9.81. The van der Waals surface area contributed by atoms with Gasteiger partial charge in [0.15, 0.2) is 11.5 Å². The molecule has 1 aliphatic rings. The van der Waals surface area contributed by atoms with Crippen LogP contribution in [-0.2, 0) is 6.61 Å². The van der Waals surface area contributed by atoms with E-state index in [-0.39, 0.29) is 5.91 Å². The fourth-order valence-electron chi connectivity index (χ4n) is 3.86. The van der Waals surface area contributed by atoms with Crippen LogP contribution in [0.5, 0.6) is 11.5 Å². The number of rotatable bonds is 9. The van der Waals surface area contributed by atoms with Crippen LogP contribution in [0.25, 0.3) is 0 Å². The van der Waals surface area contributed by atoms with Crippen LogP contribution in [0.1, 0.15) is 41.3 Å². The van der Waals surface area contributed by atoms with Crippen LogP contribution in [0.4, 0.5) is 5.69 Å². The number of amides is 1. The molecule has 1 fully saturated rings. The molecule has 0 atom stereocenters. The first kappa shape index (κ1) is 25.1. The Morgan fingerprint density at radius 1 is 1.11 bits per heavy atom. The average Bonchev–Trinajstić information content (AvgIpc) is 3.40. The highest BCUT2D eigenvalue weighted by Gasteiger charge is 2.14. The van der Waals surface area contributed by atoms with Crippen molar-refractivity contribution >= 4 is 45.3 Å². The number of nitrogens with one attached hydrogen (secondary N) is 1. The summed E-state index contributed by atoms with van der Waals surface area (Å²) in [6.45, 7) is 4.82. The van der Waals surface area contributed by atoms with Crippen LogP contribution in [-0.4, -0.2) is 31.8 Å². The fourth-order valence-corrected chi connectivity index (χ4v) is 4.62. The Hall–Kier alpha value is -3.03. The van der Waals surface area contributed by atoms with Gasteiger partial charge < -0.3 is 14.4 Å². The first-order chi connectivity index (χ1) is 17.0. The van der Waals surface area contributed by atoms with Crippen LogP contribution in [0.2, 0.25) is 5.02 Å². The van der Waals surface area contributed by atoms with E-state index in [4.69, 9.17) is 21.1 Å². The maximum atomic E-state index is 12.5. The summed E-state index contributed by atoms with van der Waals surface area (Å²) in [5, 5.41) is 4.77. The van der Waals surface area contributed by atoms with Crippen LogP contribution in [0.15, 0.2) is 70.2 Å². The summed E-state index contributed by atoms with van der Waals surface area (Å²) in [5.74, 6) is 0.878. The fraction of sp³-hybridized carbons (Fsp3) is 0.259. The molecule has 0 radical (unpaired) electrons. The van der Waals surface area contributed by atoms with Crippen molar-refractivity contribution in [2.24, 2.45) is 5.10 Å². The quantitative estimate of drug-likeness (QED) is 0.243. The summed E-state index contributed by atoms with van der Waals surface area (Å²) in [6.07, 6.45) is 4.00. The summed E-state index contributed by atoms with van der Waals surface area (Å²) in [7, 11) is 0. The van der Waals surface area contributed by atoms with Crippen molar-refractivity contribution in [1.29, 1.82) is 0 Å². The van der Waals surface area contributed by atoms with Gasteiger partial charge in [-0.05, 0) is 83.7 Å². The van der Waals surface area contributed by atoms with Gasteiger partial charge in [-0.1, -0.05) is 29.8 Å². The van der Waals surface area contributed by atoms with Gasteiger partial charge in [-0.2, -0.15) is 5.10 Å². The number of carbonyl (C=O) groups is 1. The standard InChI is InChI=1S/C27H27BrClN3O3/c1-2-34-25-16-19(15-23(28)26(25)35-18-21-7-3-4-8-24(21)29)17-30-31-27(33)20-9-11-22(12-10-20)32-13-5-6-14-32/h3-4,7-12,15-17H,2,5-6,13-14,18H2,1H3,(H,31,33)/b30-17-. The molecule has 1 saturated heterocycles. The predicted octanol–water partition coefficient (Wildman–Crippen LogP) is 6.44. The van der Waals surface area contributed by atoms with Crippen molar-refractivity contribution in [3.63, 3.8) is 0 Å². The Kier molecular flexibility index (Phi) is 8.66. The molecule has 1 N–H and O–H groups in total. The zero-order chi connectivity index (χ0) is 24.6. The Morgan fingerprint density at radius 2 is 1.86 bits per heavy atom. The molecule has 0 aromatic heterocycles. The minimum Gasteiger partial charge on any atom is -0.490 e. The van der Waals surface area contributed by atoms with Crippen LogP contribution in [0, 0.1) is 0 Å². The molecular formula is C27H27BrClN3O3. The second kappa shape index (κ2) is 12.1. The number of anilines is 1. The SMILES string of the molecule is CCOc1cc(/C=N\NC(=O)c2ccc(N3CCCC3)cc2)cc(Br)c1OCc1ccccc1Cl. The number of carbonyl (C=O) groups excluding carboxylic acids is 1. The Labute approximate surface area is 219 Å². The molecule has 1 heterocycles. The monoisotopic (exact) mass is 555 g/mol. The molecule has 1 amide bonds. The highest BCUT2D eigenvalue weighted by molar-refractivity contribution is 9.10. The van der Waals surface area contributed by atoms with Crippen molar-refractivity contribution in [1.82, 2.24) is 5.43 Å². The Morgan fingerprint density at radius 3 is 2.57 bits per heavy atom. The largest absolute Gasteiger partial charge is 0.490 e. The molecule has 0 aliphatic carbocycles. The minimum absolute atomic E-state index is 0.266. The summed E-state index contributed by atoms with van der Waals surface area (Å²) in [4.78, 5) is 14.8. The number of halogens is 2. The zero-order valence-electron chi connectivity index (χ0n) is 19.5. The molecular weight excluding hydrogens is 530 g/mol. The minimum atomic E-state index is -0.266. The van der Waals surface area contributed by atoms with Crippen molar-refractivity contribution in [2.45, 2.75) is 26.4 Å². The molecule has 6 nitrogen and oxygen atoms in total. The first-order valence-electron chi connectivity index (χ1n) is 11.6. The number of hydrazone groups is 1. The van der Waals surface area contributed by atoms with Crippen molar-refractivity contribution < 1.29 is 14.3 Å². The van der Waals surface area contributed by atoms with Crippen molar-refractivity contribution in [3.05, 3.63) is 86.8 Å². The molecule has 182 valence electrons. The summed E-state index contributed by atoms with van der Waals surface area (Å²) in [6, 6.07) is 18.8. The molecule has 35 heavy (non-hydrogen) atoms. The predicted molar refractivity (Wildman–Crippen MR) is 144 cm³/mol. The normalized spacial score (nSPS) is 13.3. The Balaban J connectivity index is 1.41. The van der Waals surface area contributed by atoms with Gasteiger partial charge in [0.1, 0.15) is 6.61 Å². The second-order valence-corrected chi connectivity index (χ2v) is 9.34. The zero-order valence-corrected chi connectivity index (χ0v) is 21.8. The van der Waals surface area contributed by atoms with Gasteiger partial charge in [0, 0.05) is 34.9 Å². The molecule has 0 saturated carbocycles. The molecule has 3 aromatic carbocycles. The first-order valence-corrected chi connectivity index (χ1v) is 12.7. The van der Waals surface area contributed by atoms with E-state index in [1.807, 2.05) is 67.6 Å². The van der Waals surface area contributed by atoms with Gasteiger partial charge >= 0.3 is 0 Å². The van der Waals surface area contributed by atoms with Gasteiger partial charge in [-0.15, -0.1) is 0 Å². The number of hydrogen-bond acceptors (Lipinski definition) is 5. The number of hydrogen-bond donors (Lipinski definition) is 1. The van der Waals surface area contributed by atoms with Gasteiger partial charge in [0.05, 0.1) is 17.3 Å². The topological polar surface area (TPSA) is 63.2 Å².